The fourth-order valence-electron chi connectivity index (χ4n) is 2.48. The smallest absolute Gasteiger partial charge is 0.253 e. The fourth-order valence-corrected chi connectivity index (χ4v) is 2.48. The summed E-state index contributed by atoms with van der Waals surface area (Å²) in [5, 5.41) is 3.91. The van der Waals surface area contributed by atoms with Crippen molar-refractivity contribution in [1.82, 2.24) is 10.1 Å². The molecule has 6 nitrogen and oxygen atoms in total. The van der Waals surface area contributed by atoms with Crippen LogP contribution in [0.3, 0.4) is 0 Å². The van der Waals surface area contributed by atoms with Crippen molar-refractivity contribution >= 4 is 5.91 Å². The molecule has 0 aliphatic carbocycles. The van der Waals surface area contributed by atoms with Gasteiger partial charge in [-0.25, -0.2) is 0 Å². The number of methoxy groups -OCH3 is 1. The van der Waals surface area contributed by atoms with Gasteiger partial charge in [0.2, 0.25) is 0 Å². The molecule has 1 aromatic carbocycles. The van der Waals surface area contributed by atoms with Crippen LogP contribution in [-0.2, 0) is 6.61 Å². The molecule has 0 N–H and O–H groups in total. The lowest BCUT2D eigenvalue weighted by atomic mass is 10.1. The second-order valence-electron chi connectivity index (χ2n) is 5.60. The minimum atomic E-state index is 0.0341. The predicted molar refractivity (Wildman–Crippen MR) is 83.8 cm³/mol. The number of ether oxygens (including phenoxy) is 2. The van der Waals surface area contributed by atoms with E-state index in [0.717, 1.165) is 36.5 Å². The lowest BCUT2D eigenvalue weighted by molar-refractivity contribution is 0.0651. The van der Waals surface area contributed by atoms with Crippen LogP contribution in [0, 0.1) is 13.8 Å². The average molecular weight is 316 g/mol. The van der Waals surface area contributed by atoms with Crippen LogP contribution in [-0.4, -0.2) is 36.2 Å². The van der Waals surface area contributed by atoms with E-state index in [2.05, 4.69) is 5.16 Å². The second-order valence-corrected chi connectivity index (χ2v) is 5.60. The Hall–Kier alpha value is -2.50. The summed E-state index contributed by atoms with van der Waals surface area (Å²) in [5.41, 5.74) is 2.35. The molecule has 122 valence electrons. The van der Waals surface area contributed by atoms with Crippen LogP contribution in [0.4, 0.5) is 0 Å². The highest BCUT2D eigenvalue weighted by Gasteiger charge is 2.22. The third-order valence-electron chi connectivity index (χ3n) is 4.11. The molecule has 1 aliphatic heterocycles. The molecule has 0 spiro atoms. The SMILES string of the molecule is COc1cc(C(=O)N2CCC2)ccc1OCc1c(C)noc1C. The van der Waals surface area contributed by atoms with Gasteiger partial charge in [0.1, 0.15) is 12.4 Å². The fraction of sp³-hybridized carbons (Fsp3) is 0.412. The van der Waals surface area contributed by atoms with Crippen LogP contribution in [0.15, 0.2) is 22.7 Å². The Balaban J connectivity index is 1.75. The van der Waals surface area contributed by atoms with Crippen LogP contribution in [0.5, 0.6) is 11.5 Å². The van der Waals surface area contributed by atoms with Gasteiger partial charge in [-0.05, 0) is 38.5 Å². The summed E-state index contributed by atoms with van der Waals surface area (Å²) in [6.45, 7) is 5.72. The maximum atomic E-state index is 12.2. The van der Waals surface area contributed by atoms with Crippen molar-refractivity contribution in [3.63, 3.8) is 0 Å². The summed E-state index contributed by atoms with van der Waals surface area (Å²) < 4.78 is 16.3. The van der Waals surface area contributed by atoms with Crippen molar-refractivity contribution in [2.45, 2.75) is 26.9 Å². The minimum Gasteiger partial charge on any atom is -0.493 e. The quantitative estimate of drug-likeness (QED) is 0.848. The molecule has 0 radical (unpaired) electrons. The highest BCUT2D eigenvalue weighted by molar-refractivity contribution is 5.95. The number of carbonyl (C=O) groups is 1. The Morgan fingerprint density at radius 3 is 2.65 bits per heavy atom. The lowest BCUT2D eigenvalue weighted by Gasteiger charge is -2.31. The first-order chi connectivity index (χ1) is 11.1. The third kappa shape index (κ3) is 3.02. The van der Waals surface area contributed by atoms with E-state index in [4.69, 9.17) is 14.0 Å². The number of nitrogens with zero attached hydrogens (tertiary/aromatic N) is 2. The molecule has 6 heteroatoms. The molecule has 0 saturated carbocycles. The first-order valence-corrected chi connectivity index (χ1v) is 7.62. The van der Waals surface area contributed by atoms with Crippen LogP contribution < -0.4 is 9.47 Å². The van der Waals surface area contributed by atoms with E-state index in [9.17, 15) is 4.79 Å². The van der Waals surface area contributed by atoms with Gasteiger partial charge in [0.05, 0.1) is 18.4 Å². The van der Waals surface area contributed by atoms with Gasteiger partial charge in [-0.2, -0.15) is 0 Å². The Labute approximate surface area is 135 Å². The van der Waals surface area contributed by atoms with Crippen molar-refractivity contribution in [3.8, 4) is 11.5 Å². The molecule has 1 fully saturated rings. The monoisotopic (exact) mass is 316 g/mol. The standard InChI is InChI=1S/C17H20N2O4/c1-11-14(12(2)23-18-11)10-22-15-6-5-13(9-16(15)21-3)17(20)19-7-4-8-19/h5-6,9H,4,7-8,10H2,1-3H3. The number of hydrogen-bond acceptors (Lipinski definition) is 5. The molecule has 2 heterocycles. The summed E-state index contributed by atoms with van der Waals surface area (Å²) in [5.74, 6) is 1.91. The number of carbonyl (C=O) groups excluding carboxylic acids is 1. The predicted octanol–water partition coefficient (Wildman–Crippen LogP) is 2.72. The zero-order valence-corrected chi connectivity index (χ0v) is 13.6. The van der Waals surface area contributed by atoms with Crippen molar-refractivity contribution in [2.75, 3.05) is 20.2 Å². The Morgan fingerprint density at radius 2 is 2.09 bits per heavy atom. The third-order valence-corrected chi connectivity index (χ3v) is 4.11. The van der Waals surface area contributed by atoms with Crippen molar-refractivity contribution in [1.29, 1.82) is 0 Å². The minimum absolute atomic E-state index is 0.0341. The van der Waals surface area contributed by atoms with E-state index in [-0.39, 0.29) is 5.91 Å². The van der Waals surface area contributed by atoms with E-state index in [0.29, 0.717) is 23.7 Å². The van der Waals surface area contributed by atoms with E-state index in [1.165, 1.54) is 0 Å². The molecule has 1 amide bonds. The molecule has 23 heavy (non-hydrogen) atoms. The molecule has 0 bridgehead atoms. The summed E-state index contributed by atoms with van der Waals surface area (Å²) in [6, 6.07) is 5.26. The van der Waals surface area contributed by atoms with Gasteiger partial charge in [0, 0.05) is 18.7 Å². The Morgan fingerprint density at radius 1 is 1.30 bits per heavy atom. The summed E-state index contributed by atoms with van der Waals surface area (Å²) in [6.07, 6.45) is 1.07. The number of benzene rings is 1. The van der Waals surface area contributed by atoms with Crippen LogP contribution in [0.2, 0.25) is 0 Å². The lowest BCUT2D eigenvalue weighted by Crippen LogP contribution is -2.41. The summed E-state index contributed by atoms with van der Waals surface area (Å²) in [7, 11) is 1.57. The Bertz CT molecular complexity index is 700. The van der Waals surface area contributed by atoms with Gasteiger partial charge in [0.15, 0.2) is 11.5 Å². The molecule has 1 aliphatic rings. The highest BCUT2D eigenvalue weighted by atomic mass is 16.5. The molecule has 3 rings (SSSR count). The maximum absolute atomic E-state index is 12.2. The van der Waals surface area contributed by atoms with Crippen molar-refractivity contribution in [2.24, 2.45) is 0 Å². The van der Waals surface area contributed by atoms with E-state index < -0.39 is 0 Å². The van der Waals surface area contributed by atoms with Crippen LogP contribution in [0.25, 0.3) is 0 Å². The number of likely N-dealkylation sites (tertiary alicyclic amines) is 1. The van der Waals surface area contributed by atoms with Crippen molar-refractivity contribution < 1.29 is 18.8 Å². The molecular weight excluding hydrogens is 296 g/mol. The normalized spacial score (nSPS) is 13.6. The number of hydrogen-bond donors (Lipinski definition) is 0. The molecule has 1 saturated heterocycles. The van der Waals surface area contributed by atoms with Gasteiger partial charge in [-0.3, -0.25) is 4.79 Å². The van der Waals surface area contributed by atoms with Gasteiger partial charge < -0.3 is 18.9 Å². The van der Waals surface area contributed by atoms with Gasteiger partial charge in [-0.15, -0.1) is 0 Å². The second kappa shape index (κ2) is 6.32. The largest absolute Gasteiger partial charge is 0.493 e. The first kappa shape index (κ1) is 15.4. The van der Waals surface area contributed by atoms with E-state index in [1.807, 2.05) is 18.7 Å². The van der Waals surface area contributed by atoms with E-state index >= 15 is 0 Å². The molecule has 0 atom stereocenters. The maximum Gasteiger partial charge on any atom is 0.253 e. The van der Waals surface area contributed by atoms with Crippen LogP contribution >= 0.6 is 0 Å². The number of rotatable bonds is 5. The van der Waals surface area contributed by atoms with Crippen molar-refractivity contribution in [3.05, 3.63) is 40.8 Å². The summed E-state index contributed by atoms with van der Waals surface area (Å²) >= 11 is 0. The first-order valence-electron chi connectivity index (χ1n) is 7.62. The van der Waals surface area contributed by atoms with E-state index in [1.54, 1.807) is 25.3 Å². The summed E-state index contributed by atoms with van der Waals surface area (Å²) in [4.78, 5) is 14.1. The molecular formula is C17H20N2O4. The zero-order chi connectivity index (χ0) is 16.4. The van der Waals surface area contributed by atoms with Gasteiger partial charge in [-0.1, -0.05) is 5.16 Å². The van der Waals surface area contributed by atoms with Crippen LogP contribution in [0.1, 0.15) is 33.8 Å². The molecule has 2 aromatic rings. The number of amides is 1. The topological polar surface area (TPSA) is 64.8 Å². The Kier molecular flexibility index (Phi) is 4.23. The van der Waals surface area contributed by atoms with Gasteiger partial charge >= 0.3 is 0 Å². The highest BCUT2D eigenvalue weighted by Crippen LogP contribution is 2.30. The van der Waals surface area contributed by atoms with Gasteiger partial charge in [0.25, 0.3) is 5.91 Å². The molecule has 0 unspecified atom stereocenters. The number of aromatic nitrogens is 1. The zero-order valence-electron chi connectivity index (χ0n) is 13.6. The molecule has 1 aromatic heterocycles. The number of aryl methyl sites for hydroxylation is 2. The average Bonchev–Trinajstić information content (AvgIpc) is 2.82.